The number of fused-ring (bicyclic) bond motifs is 1. The summed E-state index contributed by atoms with van der Waals surface area (Å²) in [6.07, 6.45) is 10.5. The summed E-state index contributed by atoms with van der Waals surface area (Å²) in [4.78, 5) is 52.4. The molecule has 234 valence electrons. The predicted molar refractivity (Wildman–Crippen MR) is 165 cm³/mol. The molecule has 2 aliphatic rings. The molecule has 1 unspecified atom stereocenters. The van der Waals surface area contributed by atoms with Crippen LogP contribution >= 0.6 is 0 Å². The summed E-state index contributed by atoms with van der Waals surface area (Å²) in [6.45, 7) is 7.24. The molecule has 1 N–H and O–H groups in total. The van der Waals surface area contributed by atoms with Crippen LogP contribution in [-0.2, 0) is 29.2 Å². The highest BCUT2D eigenvalue weighted by Crippen LogP contribution is 2.35. The zero-order chi connectivity index (χ0) is 30.9. The molecule has 1 amide bonds. The van der Waals surface area contributed by atoms with E-state index in [1.165, 1.54) is 30.7 Å². The Hall–Kier alpha value is -3.89. The Labute approximate surface area is 252 Å². The lowest BCUT2D eigenvalue weighted by molar-refractivity contribution is -0.119. The number of carbonyl (C=O) groups excluding carboxylic acids is 2. The number of nitrogens with zero attached hydrogens (tertiary/aromatic N) is 4. The number of hydrogen-bond acceptors (Lipinski definition) is 7. The molecule has 1 aromatic carbocycles. The maximum atomic E-state index is 12.7. The topological polar surface area (TPSA) is 126 Å². The molecule has 5 rings (SSSR count). The first-order chi connectivity index (χ1) is 20.8. The van der Waals surface area contributed by atoms with Gasteiger partial charge in [0.1, 0.15) is 5.78 Å². The Morgan fingerprint density at radius 2 is 1.72 bits per heavy atom. The van der Waals surface area contributed by atoms with Crippen LogP contribution in [0.2, 0.25) is 0 Å². The average molecular weight is 596 g/mol. The summed E-state index contributed by atoms with van der Waals surface area (Å²) in [5.74, 6) is 1.91. The van der Waals surface area contributed by atoms with Crippen molar-refractivity contribution in [1.29, 1.82) is 0 Å². The summed E-state index contributed by atoms with van der Waals surface area (Å²) in [5, 5.41) is 2.88. The van der Waals surface area contributed by atoms with Gasteiger partial charge in [0.05, 0.1) is 26.1 Å². The zero-order valence-corrected chi connectivity index (χ0v) is 25.9. The Morgan fingerprint density at radius 3 is 2.33 bits per heavy atom. The number of hydrogen-bond donors (Lipinski definition) is 1. The highest BCUT2D eigenvalue weighted by molar-refractivity contribution is 5.79. The minimum Gasteiger partial charge on any atom is -0.493 e. The van der Waals surface area contributed by atoms with E-state index < -0.39 is 0 Å². The standard InChI is InChI=1S/C16H24N4O3.C16H21NO3/c1-4-6-8-19-14-13(18(11-17-14)10-12(3)21)15(22)20(16(19)23)9-7-5-2;1-19-14-7-6-11(12-9-16(18)17-10-12)8-15(14)20-13-4-2-3-5-13/h11H,4-10H2,1-3H3;6-8,12-13H,2-5,9-10H2,1H3,(H,17,18). The van der Waals surface area contributed by atoms with Gasteiger partial charge in [-0.1, -0.05) is 32.8 Å². The molecule has 3 aromatic rings. The van der Waals surface area contributed by atoms with Crippen molar-refractivity contribution >= 4 is 22.9 Å². The molecule has 2 aromatic heterocycles. The van der Waals surface area contributed by atoms with Gasteiger partial charge in [0.25, 0.3) is 5.56 Å². The number of Topliss-reactive ketones (excluding diaryl/α,β-unsaturated/α-hetero) is 1. The van der Waals surface area contributed by atoms with Gasteiger partial charge in [0.2, 0.25) is 5.91 Å². The van der Waals surface area contributed by atoms with Crippen molar-refractivity contribution < 1.29 is 19.1 Å². The van der Waals surface area contributed by atoms with E-state index in [1.54, 1.807) is 16.2 Å². The van der Waals surface area contributed by atoms with Crippen molar-refractivity contribution in [2.24, 2.45) is 0 Å². The maximum Gasteiger partial charge on any atom is 0.332 e. The minimum absolute atomic E-state index is 0.0601. The van der Waals surface area contributed by atoms with Gasteiger partial charge >= 0.3 is 5.69 Å². The first-order valence-corrected chi connectivity index (χ1v) is 15.6. The van der Waals surface area contributed by atoms with E-state index in [0.717, 1.165) is 55.6 Å². The van der Waals surface area contributed by atoms with Gasteiger partial charge in [-0.15, -0.1) is 0 Å². The molecule has 0 spiro atoms. The Bertz CT molecular complexity index is 1530. The van der Waals surface area contributed by atoms with Crippen LogP contribution in [0.3, 0.4) is 0 Å². The SMILES string of the molecule is CCCCn1c(=O)c2c(ncn2CC(C)=O)n(CCCC)c1=O.COc1ccc(C2CNC(=O)C2)cc1OC1CCCC1. The number of methoxy groups -OCH3 is 1. The molecule has 11 heteroatoms. The number of aryl methyl sites for hydroxylation is 1. The number of imidazole rings is 1. The van der Waals surface area contributed by atoms with E-state index in [-0.39, 0.29) is 35.4 Å². The Morgan fingerprint density at radius 1 is 1.02 bits per heavy atom. The maximum absolute atomic E-state index is 12.7. The smallest absolute Gasteiger partial charge is 0.332 e. The quantitative estimate of drug-likeness (QED) is 0.333. The normalized spacial score (nSPS) is 16.7. The number of amides is 1. The second-order valence-corrected chi connectivity index (χ2v) is 11.5. The summed E-state index contributed by atoms with van der Waals surface area (Å²) in [7, 11) is 1.66. The fraction of sp³-hybridized carbons (Fsp3) is 0.594. The molecule has 0 radical (unpaired) electrons. The third-order valence-electron chi connectivity index (χ3n) is 8.08. The number of ether oxygens (including phenoxy) is 2. The summed E-state index contributed by atoms with van der Waals surface area (Å²) in [6, 6.07) is 6.02. The molecule has 1 aliphatic carbocycles. The van der Waals surface area contributed by atoms with Crippen LogP contribution in [0.25, 0.3) is 11.2 Å². The van der Waals surface area contributed by atoms with Crippen molar-refractivity contribution in [1.82, 2.24) is 24.0 Å². The molecule has 1 saturated carbocycles. The molecule has 1 saturated heterocycles. The van der Waals surface area contributed by atoms with E-state index in [1.807, 2.05) is 32.0 Å². The van der Waals surface area contributed by atoms with E-state index in [2.05, 4.69) is 10.3 Å². The second kappa shape index (κ2) is 15.0. The second-order valence-electron chi connectivity index (χ2n) is 11.5. The molecule has 1 aliphatic heterocycles. The molecule has 1 atom stereocenters. The molecule has 2 fully saturated rings. The molecular weight excluding hydrogens is 550 g/mol. The van der Waals surface area contributed by atoms with Crippen LogP contribution in [0.5, 0.6) is 11.5 Å². The molecular formula is C32H45N5O6. The van der Waals surface area contributed by atoms with Crippen LogP contribution in [-0.4, -0.2) is 50.1 Å². The Balaban J connectivity index is 0.000000198. The molecule has 0 bridgehead atoms. The lowest BCUT2D eigenvalue weighted by Crippen LogP contribution is -2.40. The van der Waals surface area contributed by atoms with Crippen molar-refractivity contribution in [2.75, 3.05) is 13.7 Å². The minimum atomic E-state index is -0.357. The highest BCUT2D eigenvalue weighted by Gasteiger charge is 2.25. The van der Waals surface area contributed by atoms with E-state index >= 15 is 0 Å². The summed E-state index contributed by atoms with van der Waals surface area (Å²) >= 11 is 0. The van der Waals surface area contributed by atoms with Crippen LogP contribution in [0.15, 0.2) is 34.1 Å². The van der Waals surface area contributed by atoms with Gasteiger partial charge in [-0.25, -0.2) is 9.78 Å². The van der Waals surface area contributed by atoms with Crippen LogP contribution in [0, 0.1) is 0 Å². The Kier molecular flexibility index (Phi) is 11.2. The summed E-state index contributed by atoms with van der Waals surface area (Å²) in [5.41, 5.74) is 1.20. The zero-order valence-electron chi connectivity index (χ0n) is 25.9. The van der Waals surface area contributed by atoms with Gasteiger partial charge in [-0.2, -0.15) is 0 Å². The van der Waals surface area contributed by atoms with Crippen molar-refractivity contribution in [3.05, 3.63) is 50.9 Å². The fourth-order valence-corrected chi connectivity index (χ4v) is 5.70. The molecule has 11 nitrogen and oxygen atoms in total. The number of benzene rings is 1. The van der Waals surface area contributed by atoms with Crippen LogP contribution in [0.1, 0.15) is 90.0 Å². The van der Waals surface area contributed by atoms with Gasteiger partial charge < -0.3 is 19.4 Å². The van der Waals surface area contributed by atoms with Gasteiger partial charge in [-0.3, -0.25) is 23.5 Å². The van der Waals surface area contributed by atoms with Gasteiger partial charge in [-0.05, 0) is 63.1 Å². The third kappa shape index (κ3) is 7.74. The summed E-state index contributed by atoms with van der Waals surface area (Å²) < 4.78 is 15.9. The highest BCUT2D eigenvalue weighted by atomic mass is 16.5. The number of unbranched alkanes of at least 4 members (excludes halogenated alkanes) is 2. The van der Waals surface area contributed by atoms with Crippen molar-refractivity contribution in [3.8, 4) is 11.5 Å². The van der Waals surface area contributed by atoms with E-state index in [0.29, 0.717) is 43.3 Å². The van der Waals surface area contributed by atoms with E-state index in [9.17, 15) is 19.2 Å². The van der Waals surface area contributed by atoms with E-state index in [4.69, 9.17) is 9.47 Å². The number of carbonyl (C=O) groups is 2. The van der Waals surface area contributed by atoms with Crippen molar-refractivity contribution in [3.63, 3.8) is 0 Å². The van der Waals surface area contributed by atoms with Crippen LogP contribution < -0.4 is 26.0 Å². The number of aromatic nitrogens is 4. The average Bonchev–Trinajstić information content (AvgIpc) is 3.75. The first-order valence-electron chi connectivity index (χ1n) is 15.6. The molecule has 43 heavy (non-hydrogen) atoms. The fourth-order valence-electron chi connectivity index (χ4n) is 5.70. The van der Waals surface area contributed by atoms with Gasteiger partial charge in [0.15, 0.2) is 22.7 Å². The first kappa shape index (κ1) is 32.0. The number of ketones is 1. The lowest BCUT2D eigenvalue weighted by atomic mass is 9.98. The third-order valence-corrected chi connectivity index (χ3v) is 8.08. The largest absolute Gasteiger partial charge is 0.493 e. The number of nitrogens with one attached hydrogen (secondary N) is 1. The monoisotopic (exact) mass is 595 g/mol. The predicted octanol–water partition coefficient (Wildman–Crippen LogP) is 4.17. The van der Waals surface area contributed by atoms with Gasteiger partial charge in [0, 0.05) is 32.0 Å². The van der Waals surface area contributed by atoms with Crippen molar-refractivity contribution in [2.45, 2.75) is 110 Å². The van der Waals surface area contributed by atoms with Crippen LogP contribution in [0.4, 0.5) is 0 Å². The number of rotatable bonds is 12. The molecule has 3 heterocycles. The lowest BCUT2D eigenvalue weighted by Gasteiger charge is -2.18.